The van der Waals surface area contributed by atoms with Gasteiger partial charge in [-0.25, -0.2) is 4.99 Å². The average Bonchev–Trinajstić information content (AvgIpc) is 3.32. The Morgan fingerprint density at radius 3 is 2.24 bits per heavy atom. The third-order valence-electron chi connectivity index (χ3n) is 3.94. The molecule has 0 amide bonds. The van der Waals surface area contributed by atoms with Crippen molar-refractivity contribution in [2.24, 2.45) is 4.99 Å². The maximum absolute atomic E-state index is 12.6. The summed E-state index contributed by atoms with van der Waals surface area (Å²) in [5.41, 5.74) is 2.41. The molecule has 0 saturated heterocycles. The van der Waals surface area contributed by atoms with Crippen LogP contribution in [-0.4, -0.2) is 25.5 Å². The first-order valence-electron chi connectivity index (χ1n) is 8.65. The molecule has 3 rings (SSSR count). The second-order valence-electron chi connectivity index (χ2n) is 6.06. The number of nitrogens with zero attached hydrogens (tertiary/aromatic N) is 1. The number of hydrogen-bond acceptors (Lipinski definition) is 4. The summed E-state index contributed by atoms with van der Waals surface area (Å²) in [5.74, 6) is 0.0269. The van der Waals surface area contributed by atoms with Gasteiger partial charge in [0.05, 0.1) is 0 Å². The van der Waals surface area contributed by atoms with Crippen LogP contribution < -0.4 is 34.9 Å². The third kappa shape index (κ3) is 9.10. The largest absolute Gasteiger partial charge is 2.00 e. The summed E-state index contributed by atoms with van der Waals surface area (Å²) in [5, 5.41) is 16.8. The topological polar surface area (TPSA) is 49.4 Å². The minimum atomic E-state index is 0. The molecule has 2 heterocycles. The summed E-state index contributed by atoms with van der Waals surface area (Å²) < 4.78 is 0. The second-order valence-corrected chi connectivity index (χ2v) is 8.13. The molecule has 3 aromatic rings. The number of benzene rings is 1. The van der Waals surface area contributed by atoms with Gasteiger partial charge in [0.2, 0.25) is 0 Å². The van der Waals surface area contributed by atoms with Crippen LogP contribution >= 0.6 is 22.7 Å². The summed E-state index contributed by atoms with van der Waals surface area (Å²) in [4.78, 5) is 10.4. The number of halogens is 2. The first-order chi connectivity index (χ1) is 12.7. The molecular weight excluding hydrogens is 497 g/mol. The molecule has 29 heavy (non-hydrogen) atoms. The summed E-state index contributed by atoms with van der Waals surface area (Å²) in [6.45, 7) is 3.52. The van der Waals surface area contributed by atoms with Gasteiger partial charge in [-0.2, -0.15) is 0 Å². The first-order valence-corrected chi connectivity index (χ1v) is 10.4. The van der Waals surface area contributed by atoms with E-state index in [0.717, 1.165) is 24.9 Å². The van der Waals surface area contributed by atoms with Gasteiger partial charge in [0.15, 0.2) is 6.21 Å². The van der Waals surface area contributed by atoms with Crippen LogP contribution in [0.2, 0.25) is 0 Å². The quantitative estimate of drug-likeness (QED) is 0.245. The fraction of sp³-hybridized carbons (Fsp3) is 0.238. The zero-order chi connectivity index (χ0) is 18.2. The standard InChI is InChI=1S/C21H22N2OS2.2ClH.Zn/c1-16-12-17(14-22-8-6-19-4-2-10-25-19)21(24)18(13-16)15-23-9-7-20-5-3-11-26-20;;;/h2-5,10-15,24H,6-9H2,1H3;2*1H;/q;;;+2/p-2. The molecule has 0 saturated carbocycles. The van der Waals surface area contributed by atoms with E-state index in [1.807, 2.05) is 31.3 Å². The molecule has 0 atom stereocenters. The predicted molar refractivity (Wildman–Crippen MR) is 110 cm³/mol. The van der Waals surface area contributed by atoms with Crippen molar-refractivity contribution in [1.82, 2.24) is 0 Å². The molecule has 0 unspecified atom stereocenters. The van der Waals surface area contributed by atoms with E-state index in [0.29, 0.717) is 17.7 Å². The van der Waals surface area contributed by atoms with Gasteiger partial charge in [-0.15, -0.1) is 22.7 Å². The van der Waals surface area contributed by atoms with Crippen molar-refractivity contribution in [3.63, 3.8) is 0 Å². The Bertz CT molecular complexity index is 813. The number of hydrogen-bond donors (Lipinski definition) is 1. The summed E-state index contributed by atoms with van der Waals surface area (Å²) in [6, 6.07) is 12.2. The number of aryl methyl sites for hydroxylation is 1. The molecule has 0 aliphatic carbocycles. The van der Waals surface area contributed by atoms with Crippen LogP contribution in [0.5, 0.6) is 5.75 Å². The van der Waals surface area contributed by atoms with E-state index in [9.17, 15) is 5.11 Å². The van der Waals surface area contributed by atoms with Gasteiger partial charge in [-0.1, -0.05) is 23.9 Å². The maximum atomic E-state index is 12.6. The van der Waals surface area contributed by atoms with Crippen LogP contribution in [0.15, 0.2) is 52.2 Å². The van der Waals surface area contributed by atoms with Crippen LogP contribution in [0, 0.1) is 6.92 Å². The first kappa shape index (κ1) is 28.0. The summed E-state index contributed by atoms with van der Waals surface area (Å²) in [7, 11) is 0. The summed E-state index contributed by atoms with van der Waals surface area (Å²) >= 11 is 3.49. The predicted octanol–water partition coefficient (Wildman–Crippen LogP) is -3.40. The molecule has 3 nitrogen and oxygen atoms in total. The van der Waals surface area contributed by atoms with Gasteiger partial charge >= 0.3 is 19.5 Å². The number of thiophene rings is 2. The second kappa shape index (κ2) is 14.9. The van der Waals surface area contributed by atoms with Crippen LogP contribution in [-0.2, 0) is 32.3 Å². The number of rotatable bonds is 8. The van der Waals surface area contributed by atoms with Crippen molar-refractivity contribution in [1.29, 1.82) is 0 Å². The smallest absolute Gasteiger partial charge is 1.00 e. The van der Waals surface area contributed by atoms with Crippen LogP contribution in [0.25, 0.3) is 0 Å². The van der Waals surface area contributed by atoms with E-state index in [-0.39, 0.29) is 50.0 Å². The van der Waals surface area contributed by atoms with Crippen molar-refractivity contribution >= 4 is 35.1 Å². The van der Waals surface area contributed by atoms with Gasteiger partial charge in [0, 0.05) is 40.9 Å². The monoisotopic (exact) mass is 516 g/mol. The van der Waals surface area contributed by atoms with Gasteiger partial charge in [-0.05, 0) is 47.0 Å². The van der Waals surface area contributed by atoms with Gasteiger partial charge in [-0.3, -0.25) is 4.99 Å². The molecular formula is C21H22Cl2N2OS2Zn. The third-order valence-corrected chi connectivity index (χ3v) is 5.81. The van der Waals surface area contributed by atoms with Crippen LogP contribution in [0.4, 0.5) is 0 Å². The molecule has 8 heteroatoms. The molecule has 0 bridgehead atoms. The molecule has 0 spiro atoms. The van der Waals surface area contributed by atoms with E-state index in [2.05, 4.69) is 38.9 Å². The van der Waals surface area contributed by atoms with E-state index in [1.165, 1.54) is 9.75 Å². The Balaban J connectivity index is 0.00000261. The number of nitrogens with one attached hydrogen (secondary N) is 1. The van der Waals surface area contributed by atoms with Crippen molar-refractivity contribution in [3.05, 3.63) is 73.6 Å². The van der Waals surface area contributed by atoms with Gasteiger partial charge in [0.25, 0.3) is 0 Å². The zero-order valence-electron chi connectivity index (χ0n) is 16.2. The van der Waals surface area contributed by atoms with Crippen molar-refractivity contribution in [2.45, 2.75) is 19.8 Å². The number of aliphatic imine (C=N–C) groups is 1. The molecule has 0 radical (unpaired) electrons. The van der Waals surface area contributed by atoms with E-state index < -0.39 is 0 Å². The minimum Gasteiger partial charge on any atom is -1.00 e. The van der Waals surface area contributed by atoms with Crippen molar-refractivity contribution in [3.8, 4) is 5.75 Å². The SMILES string of the molecule is Cc1cc(C=NCCc2cccs2)c([O-])c(C=[NH+]CCc2cccs2)c1.[Cl-].[Cl-].[Zn+2]. The van der Waals surface area contributed by atoms with E-state index in [4.69, 9.17) is 0 Å². The van der Waals surface area contributed by atoms with Crippen molar-refractivity contribution in [2.75, 3.05) is 13.1 Å². The average molecular weight is 519 g/mol. The van der Waals surface area contributed by atoms with Gasteiger partial charge < -0.3 is 29.9 Å². The fourth-order valence-corrected chi connectivity index (χ4v) is 4.07. The molecule has 150 valence electrons. The van der Waals surface area contributed by atoms with E-state index >= 15 is 0 Å². The van der Waals surface area contributed by atoms with Crippen LogP contribution in [0.1, 0.15) is 26.4 Å². The van der Waals surface area contributed by atoms with Crippen molar-refractivity contribution < 1.29 is 54.4 Å². The Morgan fingerprint density at radius 2 is 1.62 bits per heavy atom. The Morgan fingerprint density at radius 1 is 1.00 bits per heavy atom. The van der Waals surface area contributed by atoms with E-state index in [1.54, 1.807) is 28.9 Å². The zero-order valence-corrected chi connectivity index (χ0v) is 22.3. The maximum Gasteiger partial charge on any atom is 2.00 e. The molecule has 2 aromatic heterocycles. The molecule has 0 aliphatic rings. The molecule has 0 fully saturated rings. The summed E-state index contributed by atoms with van der Waals surface area (Å²) in [6.07, 6.45) is 5.42. The normalized spacial score (nSPS) is 10.5. The van der Waals surface area contributed by atoms with Crippen LogP contribution in [0.3, 0.4) is 0 Å². The fourth-order valence-electron chi connectivity index (χ4n) is 2.66. The Kier molecular flexibility index (Phi) is 14.3. The molecule has 1 aromatic carbocycles. The Hall–Kier alpha value is -1.04. The molecule has 1 N–H and O–H groups in total. The van der Waals surface area contributed by atoms with Gasteiger partial charge in [0.1, 0.15) is 6.54 Å². The molecule has 0 aliphatic heterocycles. The minimum absolute atomic E-state index is 0. The Labute approximate surface area is 205 Å².